The molecule has 0 saturated carbocycles. The lowest BCUT2D eigenvalue weighted by atomic mass is 9.87. The zero-order chi connectivity index (χ0) is 13.6. The minimum Gasteiger partial charge on any atom is -0.325 e. The lowest BCUT2D eigenvalue weighted by molar-refractivity contribution is -0.115. The molecular formula is C15H24N2O. The average Bonchev–Trinajstić information content (AvgIpc) is 2.29. The van der Waals surface area contributed by atoms with E-state index in [0.717, 1.165) is 18.7 Å². The first-order valence-electron chi connectivity index (χ1n) is 6.54. The minimum absolute atomic E-state index is 0.00644. The molecule has 0 aliphatic rings. The van der Waals surface area contributed by atoms with Crippen LogP contribution >= 0.6 is 0 Å². The molecule has 0 atom stereocenters. The maximum Gasteiger partial charge on any atom is 0.238 e. The summed E-state index contributed by atoms with van der Waals surface area (Å²) in [5.74, 6) is 0.00644. The molecule has 1 rings (SSSR count). The van der Waals surface area contributed by atoms with Gasteiger partial charge in [0.25, 0.3) is 0 Å². The fourth-order valence-electron chi connectivity index (χ4n) is 1.64. The van der Waals surface area contributed by atoms with E-state index in [4.69, 9.17) is 0 Å². The summed E-state index contributed by atoms with van der Waals surface area (Å²) < 4.78 is 0. The summed E-state index contributed by atoms with van der Waals surface area (Å²) in [6, 6.07) is 8.04. The van der Waals surface area contributed by atoms with Crippen LogP contribution in [-0.4, -0.2) is 19.0 Å². The first-order chi connectivity index (χ1) is 8.43. The number of rotatable bonds is 5. The van der Waals surface area contributed by atoms with Crippen LogP contribution in [0.5, 0.6) is 0 Å². The number of amides is 1. The van der Waals surface area contributed by atoms with Crippen molar-refractivity contribution in [2.75, 3.05) is 18.4 Å². The molecule has 1 aromatic rings. The van der Waals surface area contributed by atoms with Gasteiger partial charge in [0.15, 0.2) is 0 Å². The number of nitrogens with one attached hydrogen (secondary N) is 2. The summed E-state index contributed by atoms with van der Waals surface area (Å²) in [6.07, 6.45) is 1.04. The first-order valence-corrected chi connectivity index (χ1v) is 6.54. The van der Waals surface area contributed by atoms with Crippen molar-refractivity contribution in [3.05, 3.63) is 29.8 Å². The van der Waals surface area contributed by atoms with E-state index in [0.29, 0.717) is 6.54 Å². The van der Waals surface area contributed by atoms with E-state index in [1.54, 1.807) is 0 Å². The molecule has 3 nitrogen and oxygen atoms in total. The van der Waals surface area contributed by atoms with Crippen molar-refractivity contribution >= 4 is 11.6 Å². The highest BCUT2D eigenvalue weighted by Gasteiger charge is 2.13. The van der Waals surface area contributed by atoms with Crippen LogP contribution in [0.25, 0.3) is 0 Å². The molecule has 0 aromatic heterocycles. The van der Waals surface area contributed by atoms with Crippen molar-refractivity contribution in [2.45, 2.75) is 39.5 Å². The predicted molar refractivity (Wildman–Crippen MR) is 76.9 cm³/mol. The second kappa shape index (κ2) is 6.55. The summed E-state index contributed by atoms with van der Waals surface area (Å²) >= 11 is 0. The molecule has 0 unspecified atom stereocenters. The van der Waals surface area contributed by atoms with Crippen molar-refractivity contribution in [2.24, 2.45) is 0 Å². The Hall–Kier alpha value is -1.35. The Kier molecular flexibility index (Phi) is 5.35. The van der Waals surface area contributed by atoms with Gasteiger partial charge in [-0.3, -0.25) is 4.79 Å². The van der Waals surface area contributed by atoms with Crippen LogP contribution in [0.2, 0.25) is 0 Å². The Morgan fingerprint density at radius 3 is 2.28 bits per heavy atom. The smallest absolute Gasteiger partial charge is 0.238 e. The summed E-state index contributed by atoms with van der Waals surface area (Å²) in [5, 5.41) is 5.96. The Morgan fingerprint density at radius 2 is 1.78 bits per heavy atom. The van der Waals surface area contributed by atoms with E-state index >= 15 is 0 Å². The molecular weight excluding hydrogens is 224 g/mol. The third-order valence-corrected chi connectivity index (χ3v) is 2.75. The third-order valence-electron chi connectivity index (χ3n) is 2.75. The molecule has 2 N–H and O–H groups in total. The van der Waals surface area contributed by atoms with Crippen molar-refractivity contribution in [1.82, 2.24) is 5.32 Å². The Morgan fingerprint density at radius 1 is 1.17 bits per heavy atom. The van der Waals surface area contributed by atoms with Crippen LogP contribution < -0.4 is 10.6 Å². The van der Waals surface area contributed by atoms with Gasteiger partial charge in [-0.25, -0.2) is 0 Å². The van der Waals surface area contributed by atoms with E-state index in [-0.39, 0.29) is 11.3 Å². The van der Waals surface area contributed by atoms with Gasteiger partial charge in [0.1, 0.15) is 0 Å². The van der Waals surface area contributed by atoms with Gasteiger partial charge in [-0.2, -0.15) is 0 Å². The monoisotopic (exact) mass is 248 g/mol. The molecule has 100 valence electrons. The van der Waals surface area contributed by atoms with Crippen LogP contribution in [0.3, 0.4) is 0 Å². The van der Waals surface area contributed by atoms with Crippen molar-refractivity contribution in [3.8, 4) is 0 Å². The van der Waals surface area contributed by atoms with E-state index < -0.39 is 0 Å². The second-order valence-electron chi connectivity index (χ2n) is 5.55. The maximum atomic E-state index is 11.6. The van der Waals surface area contributed by atoms with Crippen molar-refractivity contribution in [1.29, 1.82) is 0 Å². The number of hydrogen-bond acceptors (Lipinski definition) is 2. The molecule has 1 aromatic carbocycles. The summed E-state index contributed by atoms with van der Waals surface area (Å²) in [6.45, 7) is 9.85. The molecule has 0 radical (unpaired) electrons. The molecule has 0 spiro atoms. The van der Waals surface area contributed by atoms with Gasteiger partial charge < -0.3 is 10.6 Å². The largest absolute Gasteiger partial charge is 0.325 e. The predicted octanol–water partition coefficient (Wildman–Crippen LogP) is 2.92. The van der Waals surface area contributed by atoms with E-state index in [1.807, 2.05) is 12.1 Å². The highest BCUT2D eigenvalue weighted by atomic mass is 16.1. The second-order valence-corrected chi connectivity index (χ2v) is 5.55. The summed E-state index contributed by atoms with van der Waals surface area (Å²) in [5.41, 5.74) is 2.27. The van der Waals surface area contributed by atoms with Crippen molar-refractivity contribution < 1.29 is 4.79 Å². The highest BCUT2D eigenvalue weighted by molar-refractivity contribution is 5.92. The SMILES string of the molecule is CCCNCC(=O)Nc1ccc(C(C)(C)C)cc1. The van der Waals surface area contributed by atoms with Crippen LogP contribution in [0.1, 0.15) is 39.7 Å². The summed E-state index contributed by atoms with van der Waals surface area (Å²) in [7, 11) is 0. The molecule has 18 heavy (non-hydrogen) atoms. The fourth-order valence-corrected chi connectivity index (χ4v) is 1.64. The maximum absolute atomic E-state index is 11.6. The molecule has 0 aliphatic heterocycles. The van der Waals surface area contributed by atoms with Gasteiger partial charge in [-0.1, -0.05) is 39.8 Å². The lowest BCUT2D eigenvalue weighted by Gasteiger charge is -2.19. The first kappa shape index (κ1) is 14.7. The number of benzene rings is 1. The average molecular weight is 248 g/mol. The van der Waals surface area contributed by atoms with Crippen LogP contribution in [-0.2, 0) is 10.2 Å². The van der Waals surface area contributed by atoms with E-state index in [9.17, 15) is 4.79 Å². The van der Waals surface area contributed by atoms with Gasteiger partial charge in [0, 0.05) is 5.69 Å². The van der Waals surface area contributed by atoms with Gasteiger partial charge in [0.05, 0.1) is 6.54 Å². The molecule has 0 fully saturated rings. The Bertz CT molecular complexity index is 376. The molecule has 0 aliphatic carbocycles. The number of hydrogen-bond donors (Lipinski definition) is 2. The van der Waals surface area contributed by atoms with Crippen LogP contribution in [0, 0.1) is 0 Å². The minimum atomic E-state index is 0.00644. The van der Waals surface area contributed by atoms with Gasteiger partial charge >= 0.3 is 0 Å². The highest BCUT2D eigenvalue weighted by Crippen LogP contribution is 2.23. The third kappa shape index (κ3) is 4.88. The van der Waals surface area contributed by atoms with Gasteiger partial charge in [-0.15, -0.1) is 0 Å². The van der Waals surface area contributed by atoms with Crippen LogP contribution in [0.15, 0.2) is 24.3 Å². The molecule has 0 saturated heterocycles. The normalized spacial score (nSPS) is 11.3. The number of anilines is 1. The van der Waals surface area contributed by atoms with Crippen molar-refractivity contribution in [3.63, 3.8) is 0 Å². The van der Waals surface area contributed by atoms with Crippen LogP contribution in [0.4, 0.5) is 5.69 Å². The topological polar surface area (TPSA) is 41.1 Å². The summed E-state index contributed by atoms with van der Waals surface area (Å²) in [4.78, 5) is 11.6. The van der Waals surface area contributed by atoms with E-state index in [1.165, 1.54) is 5.56 Å². The Balaban J connectivity index is 2.51. The zero-order valence-electron chi connectivity index (χ0n) is 11.8. The fraction of sp³-hybridized carbons (Fsp3) is 0.533. The van der Waals surface area contributed by atoms with Gasteiger partial charge in [-0.05, 0) is 36.1 Å². The molecule has 0 bridgehead atoms. The molecule has 3 heteroatoms. The van der Waals surface area contributed by atoms with E-state index in [2.05, 4.69) is 50.5 Å². The molecule has 0 heterocycles. The number of carbonyl (C=O) groups excluding carboxylic acids is 1. The standard InChI is InChI=1S/C15H24N2O/c1-5-10-16-11-14(18)17-13-8-6-12(7-9-13)15(2,3)4/h6-9,16H,5,10-11H2,1-4H3,(H,17,18). The lowest BCUT2D eigenvalue weighted by Crippen LogP contribution is -2.28. The Labute approximate surface area is 110 Å². The molecule has 1 amide bonds. The number of carbonyl (C=O) groups is 1. The zero-order valence-corrected chi connectivity index (χ0v) is 11.8. The quantitative estimate of drug-likeness (QED) is 0.787. The van der Waals surface area contributed by atoms with Gasteiger partial charge in [0.2, 0.25) is 5.91 Å².